The summed E-state index contributed by atoms with van der Waals surface area (Å²) in [6.07, 6.45) is 0.434. The number of hydrogen-bond acceptors (Lipinski definition) is 2. The molecule has 118 valence electrons. The summed E-state index contributed by atoms with van der Waals surface area (Å²) in [5.41, 5.74) is 9.11. The van der Waals surface area contributed by atoms with Gasteiger partial charge in [-0.25, -0.2) is 0 Å². The van der Waals surface area contributed by atoms with E-state index in [1.807, 2.05) is 0 Å². The van der Waals surface area contributed by atoms with Crippen molar-refractivity contribution in [2.75, 3.05) is 0 Å². The molecule has 1 unspecified atom stereocenters. The van der Waals surface area contributed by atoms with E-state index in [1.54, 1.807) is 13.8 Å². The second kappa shape index (κ2) is 6.61. The molecule has 3 nitrogen and oxygen atoms in total. The molecular weight excluding hydrogens is 262 g/mol. The Morgan fingerprint density at radius 1 is 1.14 bits per heavy atom. The third-order valence-corrected chi connectivity index (χ3v) is 4.11. The van der Waals surface area contributed by atoms with Gasteiger partial charge in [-0.2, -0.15) is 0 Å². The van der Waals surface area contributed by atoms with Crippen molar-refractivity contribution >= 4 is 5.97 Å². The number of aliphatic carboxylic acids is 1. The molecule has 0 heterocycles. The van der Waals surface area contributed by atoms with Crippen LogP contribution in [0.1, 0.15) is 82.5 Å². The highest BCUT2D eigenvalue weighted by atomic mass is 16.4. The zero-order valence-electron chi connectivity index (χ0n) is 14.1. The van der Waals surface area contributed by atoms with Crippen molar-refractivity contribution in [3.8, 4) is 0 Å². The van der Waals surface area contributed by atoms with Crippen molar-refractivity contribution in [3.05, 3.63) is 34.9 Å². The lowest BCUT2D eigenvalue weighted by atomic mass is 9.81. The fraction of sp³-hybridized carbons (Fsp3) is 0.611. The first-order valence-electron chi connectivity index (χ1n) is 7.69. The van der Waals surface area contributed by atoms with Gasteiger partial charge in [0, 0.05) is 6.04 Å². The van der Waals surface area contributed by atoms with Gasteiger partial charge in [0.25, 0.3) is 0 Å². The van der Waals surface area contributed by atoms with Crippen LogP contribution in [0.5, 0.6) is 0 Å². The van der Waals surface area contributed by atoms with Crippen molar-refractivity contribution in [1.29, 1.82) is 0 Å². The second-order valence-corrected chi connectivity index (χ2v) is 7.20. The number of rotatable bonds is 6. The van der Waals surface area contributed by atoms with Gasteiger partial charge < -0.3 is 10.8 Å². The van der Waals surface area contributed by atoms with Gasteiger partial charge in [-0.15, -0.1) is 0 Å². The summed E-state index contributed by atoms with van der Waals surface area (Å²) in [5, 5.41) is 9.28. The highest BCUT2D eigenvalue weighted by Crippen LogP contribution is 2.34. The van der Waals surface area contributed by atoms with Crippen molar-refractivity contribution in [3.63, 3.8) is 0 Å². The number of carboxylic acids is 1. The van der Waals surface area contributed by atoms with Crippen LogP contribution in [0.15, 0.2) is 18.2 Å². The molecule has 0 saturated heterocycles. The summed E-state index contributed by atoms with van der Waals surface area (Å²) in [4.78, 5) is 11.3. The third-order valence-electron chi connectivity index (χ3n) is 4.11. The first-order valence-corrected chi connectivity index (χ1v) is 7.69. The Hall–Kier alpha value is -1.35. The van der Waals surface area contributed by atoms with Crippen molar-refractivity contribution in [2.24, 2.45) is 11.1 Å². The van der Waals surface area contributed by atoms with E-state index in [0.29, 0.717) is 18.3 Å². The van der Waals surface area contributed by atoms with Crippen LogP contribution in [0.25, 0.3) is 0 Å². The number of hydrogen-bond donors (Lipinski definition) is 2. The zero-order chi connectivity index (χ0) is 16.4. The molecule has 0 amide bonds. The molecule has 0 saturated carbocycles. The average molecular weight is 291 g/mol. The van der Waals surface area contributed by atoms with Crippen molar-refractivity contribution < 1.29 is 9.90 Å². The minimum absolute atomic E-state index is 0.255. The predicted molar refractivity (Wildman–Crippen MR) is 87.6 cm³/mol. The molecule has 1 aromatic rings. The van der Waals surface area contributed by atoms with Crippen LogP contribution in [-0.2, 0) is 4.79 Å². The summed E-state index contributed by atoms with van der Waals surface area (Å²) >= 11 is 0. The van der Waals surface area contributed by atoms with Crippen molar-refractivity contribution in [1.82, 2.24) is 0 Å². The molecule has 0 aliphatic heterocycles. The number of nitrogens with two attached hydrogens (primary N) is 1. The molecule has 3 N–H and O–H groups in total. The lowest BCUT2D eigenvalue weighted by Gasteiger charge is -2.26. The molecule has 0 bridgehead atoms. The smallest absolute Gasteiger partial charge is 0.309 e. The SMILES string of the molecule is CC(C)c1ccc(C(N)CC(C)(C)C(=O)O)c(C(C)C)c1. The van der Waals surface area contributed by atoms with E-state index in [1.165, 1.54) is 11.1 Å². The Morgan fingerprint density at radius 3 is 2.14 bits per heavy atom. The Labute approximate surface area is 128 Å². The van der Waals surface area contributed by atoms with Crippen LogP contribution in [0.4, 0.5) is 0 Å². The Balaban J connectivity index is 3.14. The lowest BCUT2D eigenvalue weighted by Crippen LogP contribution is -2.29. The maximum Gasteiger partial charge on any atom is 0.309 e. The maximum atomic E-state index is 11.3. The van der Waals surface area contributed by atoms with Gasteiger partial charge in [0.1, 0.15) is 0 Å². The average Bonchev–Trinajstić information content (AvgIpc) is 2.36. The summed E-state index contributed by atoms with van der Waals surface area (Å²) < 4.78 is 0. The molecule has 0 radical (unpaired) electrons. The van der Waals surface area contributed by atoms with E-state index in [4.69, 9.17) is 5.73 Å². The third kappa shape index (κ3) is 4.31. The Bertz CT molecular complexity index is 504. The summed E-state index contributed by atoms with van der Waals surface area (Å²) in [5.74, 6) is 0.0452. The van der Waals surface area contributed by atoms with E-state index in [2.05, 4.69) is 45.9 Å². The molecule has 0 fully saturated rings. The number of carboxylic acid groups (broad SMARTS) is 1. The van der Waals surface area contributed by atoms with E-state index in [0.717, 1.165) is 5.56 Å². The van der Waals surface area contributed by atoms with Gasteiger partial charge in [-0.05, 0) is 48.8 Å². The Morgan fingerprint density at radius 2 is 1.71 bits per heavy atom. The van der Waals surface area contributed by atoms with E-state index in [-0.39, 0.29) is 6.04 Å². The normalized spacial score (nSPS) is 13.8. The van der Waals surface area contributed by atoms with Crippen LogP contribution in [-0.4, -0.2) is 11.1 Å². The zero-order valence-corrected chi connectivity index (χ0v) is 14.1. The van der Waals surface area contributed by atoms with Gasteiger partial charge in [0.2, 0.25) is 0 Å². The van der Waals surface area contributed by atoms with Gasteiger partial charge in [0.05, 0.1) is 5.41 Å². The van der Waals surface area contributed by atoms with Crippen LogP contribution in [0.2, 0.25) is 0 Å². The lowest BCUT2D eigenvalue weighted by molar-refractivity contribution is -0.147. The largest absolute Gasteiger partial charge is 0.481 e. The van der Waals surface area contributed by atoms with Crippen molar-refractivity contribution in [2.45, 2.75) is 65.8 Å². The first-order chi connectivity index (χ1) is 9.56. The molecular formula is C18H29NO2. The minimum atomic E-state index is -0.815. The molecule has 0 aliphatic rings. The molecule has 21 heavy (non-hydrogen) atoms. The molecule has 0 aromatic heterocycles. The quantitative estimate of drug-likeness (QED) is 0.814. The minimum Gasteiger partial charge on any atom is -0.481 e. The van der Waals surface area contributed by atoms with E-state index < -0.39 is 11.4 Å². The van der Waals surface area contributed by atoms with Crippen LogP contribution in [0, 0.1) is 5.41 Å². The Kier molecular flexibility index (Phi) is 5.57. The van der Waals surface area contributed by atoms with Gasteiger partial charge in [0.15, 0.2) is 0 Å². The van der Waals surface area contributed by atoms with E-state index >= 15 is 0 Å². The standard InChI is InChI=1S/C18H29NO2/c1-11(2)13-7-8-14(15(9-13)12(3)4)16(19)10-18(5,6)17(20)21/h7-9,11-12,16H,10,19H2,1-6H3,(H,20,21). The van der Waals surface area contributed by atoms with Gasteiger partial charge in [-0.3, -0.25) is 4.79 Å². The molecule has 1 aromatic carbocycles. The first kappa shape index (κ1) is 17.7. The highest BCUT2D eigenvalue weighted by molar-refractivity contribution is 5.73. The predicted octanol–water partition coefficient (Wildman–Crippen LogP) is 4.43. The van der Waals surface area contributed by atoms with Crippen LogP contribution >= 0.6 is 0 Å². The second-order valence-electron chi connectivity index (χ2n) is 7.20. The van der Waals surface area contributed by atoms with E-state index in [9.17, 15) is 9.90 Å². The molecule has 1 atom stereocenters. The molecule has 0 aliphatic carbocycles. The fourth-order valence-electron chi connectivity index (χ4n) is 2.54. The highest BCUT2D eigenvalue weighted by Gasteiger charge is 2.30. The topological polar surface area (TPSA) is 63.3 Å². The fourth-order valence-corrected chi connectivity index (χ4v) is 2.54. The van der Waals surface area contributed by atoms with Gasteiger partial charge in [-0.1, -0.05) is 45.9 Å². The molecule has 0 spiro atoms. The number of carbonyl (C=O) groups is 1. The van der Waals surface area contributed by atoms with Gasteiger partial charge >= 0.3 is 5.97 Å². The summed E-state index contributed by atoms with van der Waals surface area (Å²) in [6, 6.07) is 6.15. The summed E-state index contributed by atoms with van der Waals surface area (Å²) in [6.45, 7) is 12.1. The molecule has 3 heteroatoms. The number of benzene rings is 1. The summed E-state index contributed by atoms with van der Waals surface area (Å²) in [7, 11) is 0. The van der Waals surface area contributed by atoms with Crippen LogP contribution < -0.4 is 5.73 Å². The molecule has 1 rings (SSSR count). The van der Waals surface area contributed by atoms with Crippen LogP contribution in [0.3, 0.4) is 0 Å². The monoisotopic (exact) mass is 291 g/mol. The maximum absolute atomic E-state index is 11.3.